The molecule has 0 aromatic heterocycles. The third-order valence-electron chi connectivity index (χ3n) is 6.64. The number of benzene rings is 1. The van der Waals surface area contributed by atoms with E-state index < -0.39 is 30.6 Å². The van der Waals surface area contributed by atoms with Crippen molar-refractivity contribution in [2.24, 2.45) is 0 Å². The Morgan fingerprint density at radius 2 is 1.57 bits per heavy atom. The molecule has 1 aromatic carbocycles. The number of rotatable bonds is 13. The highest BCUT2D eigenvalue weighted by molar-refractivity contribution is 9.10. The predicted octanol–water partition coefficient (Wildman–Crippen LogP) is 6.61. The molecule has 2 unspecified atom stereocenters. The molecule has 0 N–H and O–H groups in total. The van der Waals surface area contributed by atoms with E-state index in [2.05, 4.69) is 49.8 Å². The minimum absolute atomic E-state index is 0.0434. The van der Waals surface area contributed by atoms with Crippen LogP contribution in [0.2, 0.25) is 18.1 Å². The fraction of sp³-hybridized carbons (Fsp3) is 0.760. The lowest BCUT2D eigenvalue weighted by atomic mass is 10.0. The van der Waals surface area contributed by atoms with Crippen molar-refractivity contribution in [3.8, 4) is 11.5 Å². The van der Waals surface area contributed by atoms with Gasteiger partial charge < -0.3 is 18.6 Å². The lowest BCUT2D eigenvalue weighted by Crippen LogP contribution is -2.45. The third kappa shape index (κ3) is 9.00. The molecule has 2 rings (SSSR count). The molecule has 10 heteroatoms. The first-order chi connectivity index (χ1) is 16.2. The first kappa shape index (κ1) is 30.6. The second-order valence-corrected chi connectivity index (χ2v) is 17.8. The topological polar surface area (TPSA) is 80.3 Å². The number of hydrogen-bond donors (Lipinski definition) is 0. The summed E-state index contributed by atoms with van der Waals surface area (Å²) >= 11 is 3.61. The molecule has 2 atom stereocenters. The van der Waals surface area contributed by atoms with Gasteiger partial charge in [0, 0.05) is 0 Å². The molecule has 0 amide bonds. The lowest BCUT2D eigenvalue weighted by molar-refractivity contribution is -0.0874. The zero-order valence-corrected chi connectivity index (χ0v) is 25.9. The van der Waals surface area contributed by atoms with E-state index in [9.17, 15) is 8.42 Å². The fourth-order valence-corrected chi connectivity index (χ4v) is 5.91. The van der Waals surface area contributed by atoms with Crippen LogP contribution in [0.4, 0.5) is 0 Å². The molecule has 7 nitrogen and oxygen atoms in total. The van der Waals surface area contributed by atoms with E-state index >= 15 is 0 Å². The van der Waals surface area contributed by atoms with E-state index in [0.29, 0.717) is 24.7 Å². The summed E-state index contributed by atoms with van der Waals surface area (Å²) in [7, 11) is -5.97. The first-order valence-corrected chi connectivity index (χ1v) is 18.0. The van der Waals surface area contributed by atoms with Gasteiger partial charge in [0.15, 0.2) is 8.32 Å². The highest BCUT2D eigenvalue weighted by Gasteiger charge is 2.43. The second kappa shape index (κ2) is 12.7. The summed E-state index contributed by atoms with van der Waals surface area (Å²) in [6.07, 6.45) is 3.99. The molecule has 202 valence electrons. The maximum Gasteiger partial charge on any atom is 0.264 e. The number of ether oxygens (including phenoxy) is 3. The largest absolute Gasteiger partial charge is 0.493 e. The van der Waals surface area contributed by atoms with Gasteiger partial charge in [-0.2, -0.15) is 8.42 Å². The van der Waals surface area contributed by atoms with Crippen molar-refractivity contribution < 1.29 is 31.2 Å². The summed E-state index contributed by atoms with van der Waals surface area (Å²) in [4.78, 5) is 0. The van der Waals surface area contributed by atoms with E-state index in [4.69, 9.17) is 22.8 Å². The molecule has 0 heterocycles. The van der Waals surface area contributed by atoms with Gasteiger partial charge in [-0.25, -0.2) is 0 Å². The van der Waals surface area contributed by atoms with Crippen LogP contribution in [0.15, 0.2) is 16.6 Å². The van der Waals surface area contributed by atoms with Gasteiger partial charge in [-0.05, 0) is 78.4 Å². The Bertz CT molecular complexity index is 897. The van der Waals surface area contributed by atoms with Crippen LogP contribution in [0, 0.1) is 0 Å². The molecule has 1 aromatic rings. The summed E-state index contributed by atoms with van der Waals surface area (Å²) in [6.45, 7) is 15.6. The van der Waals surface area contributed by atoms with E-state index in [-0.39, 0.29) is 17.7 Å². The Balaban J connectivity index is 2.62. The van der Waals surface area contributed by atoms with E-state index in [1.807, 2.05) is 26.0 Å². The fourth-order valence-electron chi connectivity index (χ4n) is 3.79. The summed E-state index contributed by atoms with van der Waals surface area (Å²) in [5.41, 5.74) is 0.810. The number of hydrogen-bond acceptors (Lipinski definition) is 7. The van der Waals surface area contributed by atoms with Crippen LogP contribution >= 0.6 is 15.9 Å². The standard InChI is InChI=1S/C25H43BrO7SSi/c1-9-29-20-15-18(16-21(23(20)26)30-10-2)24(33-35(7,8)25(3,4)5)22(17-31-34(6,27)28)32-19-13-11-12-14-19/h15-16,19,22,24H,9-14,17H2,1-8H3. The van der Waals surface area contributed by atoms with Crippen LogP contribution in [-0.2, 0) is 23.5 Å². The molecule has 35 heavy (non-hydrogen) atoms. The van der Waals surface area contributed by atoms with Gasteiger partial charge in [0.05, 0.1) is 38.3 Å². The quantitative estimate of drug-likeness (QED) is 0.187. The predicted molar refractivity (Wildman–Crippen MR) is 145 cm³/mol. The Kier molecular flexibility index (Phi) is 11.1. The average Bonchev–Trinajstić information content (AvgIpc) is 3.24. The van der Waals surface area contributed by atoms with Gasteiger partial charge in [0.25, 0.3) is 10.1 Å². The molecule has 1 aliphatic rings. The van der Waals surface area contributed by atoms with E-state index in [1.165, 1.54) is 0 Å². The molecule has 0 bridgehead atoms. The minimum Gasteiger partial charge on any atom is -0.493 e. The molecular formula is C25H43BrO7SSi. The van der Waals surface area contributed by atoms with Crippen molar-refractivity contribution >= 4 is 34.4 Å². The Morgan fingerprint density at radius 1 is 1.06 bits per heavy atom. The normalized spacial score (nSPS) is 17.4. The van der Waals surface area contributed by atoms with Crippen molar-refractivity contribution in [3.05, 3.63) is 22.2 Å². The monoisotopic (exact) mass is 594 g/mol. The molecule has 0 spiro atoms. The van der Waals surface area contributed by atoms with Crippen LogP contribution in [0.3, 0.4) is 0 Å². The van der Waals surface area contributed by atoms with Crippen LogP contribution < -0.4 is 9.47 Å². The highest BCUT2D eigenvalue weighted by atomic mass is 79.9. The smallest absolute Gasteiger partial charge is 0.264 e. The van der Waals surface area contributed by atoms with Crippen molar-refractivity contribution in [2.45, 2.75) is 96.7 Å². The van der Waals surface area contributed by atoms with E-state index in [0.717, 1.165) is 42.0 Å². The molecule has 1 saturated carbocycles. The van der Waals surface area contributed by atoms with Crippen LogP contribution in [-0.4, -0.2) is 55.0 Å². The molecule has 0 saturated heterocycles. The molecule has 1 fully saturated rings. The van der Waals surface area contributed by atoms with Crippen LogP contribution in [0.5, 0.6) is 11.5 Å². The summed E-state index contributed by atoms with van der Waals surface area (Å²) < 4.78 is 55.2. The zero-order chi connectivity index (χ0) is 26.4. The van der Waals surface area contributed by atoms with Gasteiger partial charge >= 0.3 is 0 Å². The minimum atomic E-state index is -3.66. The first-order valence-electron chi connectivity index (χ1n) is 12.4. The Labute approximate surface area is 221 Å². The molecule has 0 aliphatic heterocycles. The van der Waals surface area contributed by atoms with Crippen molar-refractivity contribution in [2.75, 3.05) is 26.1 Å². The van der Waals surface area contributed by atoms with Gasteiger partial charge in [-0.3, -0.25) is 4.18 Å². The zero-order valence-electron chi connectivity index (χ0n) is 22.5. The summed E-state index contributed by atoms with van der Waals surface area (Å²) in [6, 6.07) is 3.86. The molecule has 0 radical (unpaired) electrons. The Morgan fingerprint density at radius 3 is 2.00 bits per heavy atom. The third-order valence-corrected chi connectivity index (χ3v) is 12.4. The second-order valence-electron chi connectivity index (χ2n) is 10.6. The van der Waals surface area contributed by atoms with Crippen molar-refractivity contribution in [3.63, 3.8) is 0 Å². The average molecular weight is 596 g/mol. The maximum absolute atomic E-state index is 11.9. The summed E-state index contributed by atoms with van der Waals surface area (Å²) in [5.74, 6) is 1.28. The van der Waals surface area contributed by atoms with Gasteiger partial charge in [-0.1, -0.05) is 33.6 Å². The maximum atomic E-state index is 11.9. The SMILES string of the molecule is CCOc1cc(C(O[Si](C)(C)C(C)(C)C)C(COS(C)(=O)=O)OC2CCCC2)cc(OCC)c1Br. The van der Waals surface area contributed by atoms with Crippen molar-refractivity contribution in [1.29, 1.82) is 0 Å². The lowest BCUT2D eigenvalue weighted by Gasteiger charge is -2.42. The van der Waals surface area contributed by atoms with Gasteiger partial charge in [-0.15, -0.1) is 0 Å². The molecular weight excluding hydrogens is 552 g/mol. The van der Waals surface area contributed by atoms with Crippen molar-refractivity contribution in [1.82, 2.24) is 0 Å². The molecule has 1 aliphatic carbocycles. The van der Waals surface area contributed by atoms with Gasteiger partial charge in [0.2, 0.25) is 0 Å². The highest BCUT2D eigenvalue weighted by Crippen LogP contribution is 2.44. The Hall–Kier alpha value is -0.653. The number of halogens is 1. The summed E-state index contributed by atoms with van der Waals surface area (Å²) in [5, 5.41) is -0.0677. The van der Waals surface area contributed by atoms with Crippen LogP contribution in [0.25, 0.3) is 0 Å². The van der Waals surface area contributed by atoms with E-state index in [1.54, 1.807) is 0 Å². The van der Waals surface area contributed by atoms with Crippen LogP contribution in [0.1, 0.15) is 72.0 Å². The van der Waals surface area contributed by atoms with Gasteiger partial charge in [0.1, 0.15) is 22.1 Å².